The normalized spacial score (nSPS) is 15.5. The Morgan fingerprint density at radius 1 is 1.19 bits per heavy atom. The fraction of sp³-hybridized carbons (Fsp3) is 0.409. The Morgan fingerprint density at radius 3 is 2.48 bits per heavy atom. The van der Waals surface area contributed by atoms with Crippen LogP contribution >= 0.6 is 0 Å². The van der Waals surface area contributed by atoms with Crippen molar-refractivity contribution in [3.8, 4) is 5.75 Å². The standard InChI is InChI=1S/C22H27FN2O2/c1-3-22(26)25(19-7-9-21(27-2)10-8-19)20-11-13-24(14-12-20)16-17-5-4-6-18(23)15-17/h4-10,15,20H,3,11-14,16H2,1-2H3. The lowest BCUT2D eigenvalue weighted by molar-refractivity contribution is -0.119. The number of anilines is 1. The second-order valence-corrected chi connectivity index (χ2v) is 6.95. The molecule has 5 heteroatoms. The van der Waals surface area contributed by atoms with Gasteiger partial charge in [0, 0.05) is 37.8 Å². The number of methoxy groups -OCH3 is 1. The van der Waals surface area contributed by atoms with Crippen molar-refractivity contribution >= 4 is 11.6 Å². The zero-order valence-corrected chi connectivity index (χ0v) is 16.0. The van der Waals surface area contributed by atoms with E-state index in [0.717, 1.165) is 49.5 Å². The first-order valence-electron chi connectivity index (χ1n) is 9.53. The summed E-state index contributed by atoms with van der Waals surface area (Å²) in [4.78, 5) is 16.9. The monoisotopic (exact) mass is 370 g/mol. The van der Waals surface area contributed by atoms with Gasteiger partial charge in [-0.25, -0.2) is 4.39 Å². The van der Waals surface area contributed by atoms with E-state index in [-0.39, 0.29) is 17.8 Å². The fourth-order valence-electron chi connectivity index (χ4n) is 3.70. The lowest BCUT2D eigenvalue weighted by atomic mass is 10.0. The second-order valence-electron chi connectivity index (χ2n) is 6.95. The van der Waals surface area contributed by atoms with Crippen LogP contribution in [0.1, 0.15) is 31.7 Å². The van der Waals surface area contributed by atoms with Crippen LogP contribution in [-0.4, -0.2) is 37.0 Å². The van der Waals surface area contributed by atoms with E-state index < -0.39 is 0 Å². The number of amides is 1. The molecule has 1 heterocycles. The quantitative estimate of drug-likeness (QED) is 0.762. The molecule has 1 saturated heterocycles. The number of carbonyl (C=O) groups is 1. The van der Waals surface area contributed by atoms with Gasteiger partial charge in [-0.15, -0.1) is 0 Å². The molecule has 2 aromatic rings. The van der Waals surface area contributed by atoms with Crippen LogP contribution in [0.15, 0.2) is 48.5 Å². The number of nitrogens with zero attached hydrogens (tertiary/aromatic N) is 2. The summed E-state index contributed by atoms with van der Waals surface area (Å²) < 4.78 is 18.6. The molecule has 27 heavy (non-hydrogen) atoms. The zero-order valence-electron chi connectivity index (χ0n) is 16.0. The van der Waals surface area contributed by atoms with Crippen LogP contribution < -0.4 is 9.64 Å². The molecule has 3 rings (SSSR count). The van der Waals surface area contributed by atoms with Crippen LogP contribution in [-0.2, 0) is 11.3 Å². The van der Waals surface area contributed by atoms with Crippen molar-refractivity contribution in [3.05, 3.63) is 59.9 Å². The first kappa shape index (κ1) is 19.4. The van der Waals surface area contributed by atoms with Gasteiger partial charge in [0.2, 0.25) is 5.91 Å². The molecule has 1 amide bonds. The Labute approximate surface area is 160 Å². The minimum Gasteiger partial charge on any atom is -0.497 e. The number of hydrogen-bond acceptors (Lipinski definition) is 3. The molecule has 0 atom stereocenters. The number of hydrogen-bond donors (Lipinski definition) is 0. The number of carbonyl (C=O) groups excluding carboxylic acids is 1. The van der Waals surface area contributed by atoms with E-state index in [4.69, 9.17) is 4.74 Å². The predicted molar refractivity (Wildman–Crippen MR) is 105 cm³/mol. The molecule has 1 aliphatic rings. The van der Waals surface area contributed by atoms with E-state index in [0.29, 0.717) is 6.42 Å². The van der Waals surface area contributed by atoms with E-state index in [1.54, 1.807) is 19.2 Å². The molecule has 0 unspecified atom stereocenters. The summed E-state index contributed by atoms with van der Waals surface area (Å²) in [6.07, 6.45) is 2.30. The maximum Gasteiger partial charge on any atom is 0.226 e. The van der Waals surface area contributed by atoms with Crippen molar-refractivity contribution in [1.82, 2.24) is 4.90 Å². The van der Waals surface area contributed by atoms with Gasteiger partial charge in [-0.05, 0) is 54.8 Å². The highest BCUT2D eigenvalue weighted by atomic mass is 19.1. The maximum absolute atomic E-state index is 13.4. The van der Waals surface area contributed by atoms with Gasteiger partial charge in [-0.1, -0.05) is 19.1 Å². The molecule has 0 N–H and O–H groups in total. The third kappa shape index (κ3) is 4.86. The Morgan fingerprint density at radius 2 is 1.89 bits per heavy atom. The summed E-state index contributed by atoms with van der Waals surface area (Å²) in [6, 6.07) is 14.7. The summed E-state index contributed by atoms with van der Waals surface area (Å²) in [5.74, 6) is 0.734. The number of piperidine rings is 1. The molecule has 1 fully saturated rings. The molecule has 144 valence electrons. The van der Waals surface area contributed by atoms with E-state index in [1.807, 2.05) is 42.2 Å². The van der Waals surface area contributed by atoms with Crippen LogP contribution in [0, 0.1) is 5.82 Å². The highest BCUT2D eigenvalue weighted by Crippen LogP contribution is 2.27. The third-order valence-electron chi connectivity index (χ3n) is 5.14. The lowest BCUT2D eigenvalue weighted by Gasteiger charge is -2.38. The molecule has 0 aliphatic carbocycles. The molecule has 4 nitrogen and oxygen atoms in total. The topological polar surface area (TPSA) is 32.8 Å². The molecule has 1 aliphatic heterocycles. The van der Waals surface area contributed by atoms with Crippen molar-refractivity contribution in [1.29, 1.82) is 0 Å². The number of rotatable bonds is 6. The fourth-order valence-corrected chi connectivity index (χ4v) is 3.70. The van der Waals surface area contributed by atoms with Crippen LogP contribution in [0.4, 0.5) is 10.1 Å². The van der Waals surface area contributed by atoms with Gasteiger partial charge in [0.25, 0.3) is 0 Å². The number of ether oxygens (including phenoxy) is 1. The first-order chi connectivity index (χ1) is 13.1. The summed E-state index contributed by atoms with van der Waals surface area (Å²) in [7, 11) is 1.64. The summed E-state index contributed by atoms with van der Waals surface area (Å²) >= 11 is 0. The molecule has 0 bridgehead atoms. The van der Waals surface area contributed by atoms with Gasteiger partial charge < -0.3 is 9.64 Å². The Kier molecular flexibility index (Phi) is 6.45. The van der Waals surface area contributed by atoms with Crippen LogP contribution in [0.5, 0.6) is 5.75 Å². The summed E-state index contributed by atoms with van der Waals surface area (Å²) in [6.45, 7) is 4.43. The van der Waals surface area contributed by atoms with Gasteiger partial charge in [0.15, 0.2) is 0 Å². The van der Waals surface area contributed by atoms with Crippen LogP contribution in [0.2, 0.25) is 0 Å². The number of halogens is 1. The Hall–Kier alpha value is -2.40. The smallest absolute Gasteiger partial charge is 0.226 e. The van der Waals surface area contributed by atoms with E-state index in [2.05, 4.69) is 4.90 Å². The van der Waals surface area contributed by atoms with Crippen LogP contribution in [0.3, 0.4) is 0 Å². The number of likely N-dealkylation sites (tertiary alicyclic amines) is 1. The second kappa shape index (κ2) is 9.00. The zero-order chi connectivity index (χ0) is 19.2. The van der Waals surface area contributed by atoms with Gasteiger partial charge in [-0.2, -0.15) is 0 Å². The van der Waals surface area contributed by atoms with Gasteiger partial charge in [-0.3, -0.25) is 9.69 Å². The van der Waals surface area contributed by atoms with Crippen molar-refractivity contribution in [2.24, 2.45) is 0 Å². The third-order valence-corrected chi connectivity index (χ3v) is 5.14. The molecule has 2 aromatic carbocycles. The highest BCUT2D eigenvalue weighted by molar-refractivity contribution is 5.93. The number of benzene rings is 2. The molecular weight excluding hydrogens is 343 g/mol. The SMILES string of the molecule is CCC(=O)N(c1ccc(OC)cc1)C1CCN(Cc2cccc(F)c2)CC1. The van der Waals surface area contributed by atoms with Gasteiger partial charge in [0.1, 0.15) is 11.6 Å². The summed E-state index contributed by atoms with van der Waals surface area (Å²) in [5, 5.41) is 0. The van der Waals surface area contributed by atoms with Crippen LogP contribution in [0.25, 0.3) is 0 Å². The molecule has 0 radical (unpaired) electrons. The van der Waals surface area contributed by atoms with Crippen molar-refractivity contribution in [2.45, 2.75) is 38.8 Å². The summed E-state index contributed by atoms with van der Waals surface area (Å²) in [5.41, 5.74) is 1.91. The molecule has 0 aromatic heterocycles. The minimum absolute atomic E-state index is 0.142. The maximum atomic E-state index is 13.4. The van der Waals surface area contributed by atoms with Gasteiger partial charge >= 0.3 is 0 Å². The van der Waals surface area contributed by atoms with Crippen molar-refractivity contribution < 1.29 is 13.9 Å². The average Bonchev–Trinajstić information content (AvgIpc) is 2.70. The van der Waals surface area contributed by atoms with E-state index in [1.165, 1.54) is 6.07 Å². The predicted octanol–water partition coefficient (Wildman–Crippen LogP) is 4.24. The highest BCUT2D eigenvalue weighted by Gasteiger charge is 2.28. The van der Waals surface area contributed by atoms with Crippen molar-refractivity contribution in [3.63, 3.8) is 0 Å². The van der Waals surface area contributed by atoms with Gasteiger partial charge in [0.05, 0.1) is 7.11 Å². The first-order valence-corrected chi connectivity index (χ1v) is 9.53. The average molecular weight is 370 g/mol. The lowest BCUT2D eigenvalue weighted by Crippen LogP contribution is -2.47. The Balaban J connectivity index is 1.66. The van der Waals surface area contributed by atoms with E-state index in [9.17, 15) is 9.18 Å². The Bertz CT molecular complexity index is 755. The molecule has 0 saturated carbocycles. The van der Waals surface area contributed by atoms with Crippen molar-refractivity contribution in [2.75, 3.05) is 25.1 Å². The minimum atomic E-state index is -0.193. The molecule has 0 spiro atoms. The largest absolute Gasteiger partial charge is 0.497 e. The molecular formula is C22H27FN2O2. The van der Waals surface area contributed by atoms with E-state index >= 15 is 0 Å².